The standard InChI is InChI=1S/C23H24N2O3S/c1-17-12-14-25(15-13-17)29(27,28)20-9-7-19(8-10-20)24-16-22-21-5-3-2-4-18(21)6-11-23(22)26/h2-11,16-17,26H,12-15H2,1H3. The first-order valence-electron chi connectivity index (χ1n) is 9.80. The van der Waals surface area contributed by atoms with E-state index in [1.807, 2.05) is 30.3 Å². The minimum Gasteiger partial charge on any atom is -0.507 e. The molecule has 0 spiro atoms. The lowest BCUT2D eigenvalue weighted by molar-refractivity contribution is 0.288. The number of rotatable bonds is 4. The number of hydrogen-bond acceptors (Lipinski definition) is 4. The van der Waals surface area contributed by atoms with Crippen LogP contribution in [0.4, 0.5) is 5.69 Å². The fourth-order valence-corrected chi connectivity index (χ4v) is 5.11. The number of phenols is 1. The summed E-state index contributed by atoms with van der Waals surface area (Å²) in [6, 6.07) is 17.9. The Kier molecular flexibility index (Phi) is 5.39. The number of hydrogen-bond donors (Lipinski definition) is 1. The molecule has 1 saturated heterocycles. The van der Waals surface area contributed by atoms with Crippen LogP contribution < -0.4 is 0 Å². The minimum atomic E-state index is -3.46. The molecule has 29 heavy (non-hydrogen) atoms. The zero-order chi connectivity index (χ0) is 20.4. The third-order valence-corrected chi connectivity index (χ3v) is 7.42. The summed E-state index contributed by atoms with van der Waals surface area (Å²) >= 11 is 0. The molecule has 3 aromatic carbocycles. The Morgan fingerprint density at radius 1 is 1.00 bits per heavy atom. The summed E-state index contributed by atoms with van der Waals surface area (Å²) in [6.45, 7) is 3.30. The first-order valence-corrected chi connectivity index (χ1v) is 11.2. The third-order valence-electron chi connectivity index (χ3n) is 5.51. The first kappa shape index (κ1) is 19.6. The summed E-state index contributed by atoms with van der Waals surface area (Å²) in [7, 11) is -3.46. The van der Waals surface area contributed by atoms with Gasteiger partial charge in [-0.25, -0.2) is 8.42 Å². The van der Waals surface area contributed by atoms with Crippen LogP contribution in [0.2, 0.25) is 0 Å². The van der Waals surface area contributed by atoms with Gasteiger partial charge in [-0.05, 0) is 59.9 Å². The molecule has 4 rings (SSSR count). The molecule has 0 radical (unpaired) electrons. The molecule has 5 nitrogen and oxygen atoms in total. The van der Waals surface area contributed by atoms with Crippen molar-refractivity contribution in [3.63, 3.8) is 0 Å². The molecular formula is C23H24N2O3S. The van der Waals surface area contributed by atoms with Crippen LogP contribution in [0, 0.1) is 5.92 Å². The second-order valence-corrected chi connectivity index (χ2v) is 9.50. The molecular weight excluding hydrogens is 384 g/mol. The van der Waals surface area contributed by atoms with E-state index in [1.165, 1.54) is 0 Å². The van der Waals surface area contributed by atoms with Gasteiger partial charge in [-0.2, -0.15) is 4.31 Å². The summed E-state index contributed by atoms with van der Waals surface area (Å²) in [5.41, 5.74) is 1.27. The van der Waals surface area contributed by atoms with Crippen molar-refractivity contribution < 1.29 is 13.5 Å². The highest BCUT2D eigenvalue weighted by Gasteiger charge is 2.27. The Hall–Kier alpha value is -2.70. The number of sulfonamides is 1. The van der Waals surface area contributed by atoms with Crippen molar-refractivity contribution in [1.29, 1.82) is 0 Å². The lowest BCUT2D eigenvalue weighted by atomic mass is 10.0. The zero-order valence-electron chi connectivity index (χ0n) is 16.3. The van der Waals surface area contributed by atoms with Gasteiger partial charge in [0.25, 0.3) is 0 Å². The van der Waals surface area contributed by atoms with Gasteiger partial charge in [0.05, 0.1) is 10.6 Å². The Balaban J connectivity index is 1.57. The second-order valence-electron chi connectivity index (χ2n) is 7.56. The predicted octanol–water partition coefficient (Wildman–Crippen LogP) is 4.72. The largest absolute Gasteiger partial charge is 0.507 e. The normalized spacial score (nSPS) is 16.6. The maximum Gasteiger partial charge on any atom is 0.243 e. The molecule has 1 aliphatic rings. The average Bonchev–Trinajstić information content (AvgIpc) is 2.74. The highest BCUT2D eigenvalue weighted by atomic mass is 32.2. The molecule has 1 N–H and O–H groups in total. The Morgan fingerprint density at radius 2 is 1.69 bits per heavy atom. The van der Waals surface area contributed by atoms with Gasteiger partial charge in [0.2, 0.25) is 10.0 Å². The van der Waals surface area contributed by atoms with Crippen LogP contribution in [0.15, 0.2) is 70.6 Å². The van der Waals surface area contributed by atoms with Crippen molar-refractivity contribution in [3.05, 3.63) is 66.2 Å². The smallest absolute Gasteiger partial charge is 0.243 e. The van der Waals surface area contributed by atoms with E-state index >= 15 is 0 Å². The molecule has 3 aromatic rings. The quantitative estimate of drug-likeness (QED) is 0.635. The maximum atomic E-state index is 12.8. The topological polar surface area (TPSA) is 70.0 Å². The highest BCUT2D eigenvalue weighted by Crippen LogP contribution is 2.27. The van der Waals surface area contributed by atoms with E-state index < -0.39 is 10.0 Å². The van der Waals surface area contributed by atoms with E-state index in [0.29, 0.717) is 35.2 Å². The van der Waals surface area contributed by atoms with Gasteiger partial charge in [0.1, 0.15) is 5.75 Å². The monoisotopic (exact) mass is 408 g/mol. The molecule has 0 aliphatic carbocycles. The Morgan fingerprint density at radius 3 is 2.41 bits per heavy atom. The van der Waals surface area contributed by atoms with Crippen LogP contribution in [0.3, 0.4) is 0 Å². The van der Waals surface area contributed by atoms with E-state index in [0.717, 1.165) is 23.6 Å². The van der Waals surface area contributed by atoms with E-state index in [-0.39, 0.29) is 5.75 Å². The van der Waals surface area contributed by atoms with E-state index in [4.69, 9.17) is 0 Å². The van der Waals surface area contributed by atoms with Crippen molar-refractivity contribution in [3.8, 4) is 5.75 Å². The van der Waals surface area contributed by atoms with Crippen LogP contribution >= 0.6 is 0 Å². The molecule has 6 heteroatoms. The predicted molar refractivity (Wildman–Crippen MR) is 116 cm³/mol. The maximum absolute atomic E-state index is 12.8. The van der Waals surface area contributed by atoms with Crippen LogP contribution in [-0.4, -0.2) is 37.1 Å². The van der Waals surface area contributed by atoms with Gasteiger partial charge in [0.15, 0.2) is 0 Å². The molecule has 0 unspecified atom stereocenters. The fraction of sp³-hybridized carbons (Fsp3) is 0.261. The number of phenolic OH excluding ortho intramolecular Hbond substituents is 1. The number of aromatic hydroxyl groups is 1. The summed E-state index contributed by atoms with van der Waals surface area (Å²) in [5.74, 6) is 0.731. The minimum absolute atomic E-state index is 0.158. The van der Waals surface area contributed by atoms with Crippen LogP contribution in [-0.2, 0) is 10.0 Å². The van der Waals surface area contributed by atoms with Crippen LogP contribution in [0.25, 0.3) is 10.8 Å². The van der Waals surface area contributed by atoms with Gasteiger partial charge in [-0.3, -0.25) is 4.99 Å². The van der Waals surface area contributed by atoms with Crippen molar-refractivity contribution >= 4 is 32.7 Å². The second kappa shape index (κ2) is 7.97. The highest BCUT2D eigenvalue weighted by molar-refractivity contribution is 7.89. The molecule has 0 saturated carbocycles. The average molecular weight is 409 g/mol. The van der Waals surface area contributed by atoms with Gasteiger partial charge < -0.3 is 5.11 Å². The fourth-order valence-electron chi connectivity index (χ4n) is 3.64. The molecule has 150 valence electrons. The van der Waals surface area contributed by atoms with E-state index in [2.05, 4.69) is 11.9 Å². The van der Waals surface area contributed by atoms with Crippen LogP contribution in [0.1, 0.15) is 25.3 Å². The Bertz CT molecular complexity index is 1150. The van der Waals surface area contributed by atoms with Gasteiger partial charge in [0, 0.05) is 24.9 Å². The third kappa shape index (κ3) is 4.04. The number of fused-ring (bicyclic) bond motifs is 1. The first-order chi connectivity index (χ1) is 13.9. The SMILES string of the molecule is CC1CCN(S(=O)(=O)c2ccc(N=Cc3c(O)ccc4ccccc34)cc2)CC1. The van der Waals surface area contributed by atoms with Crippen molar-refractivity contribution in [2.75, 3.05) is 13.1 Å². The van der Waals surface area contributed by atoms with Crippen molar-refractivity contribution in [1.82, 2.24) is 4.31 Å². The number of piperidine rings is 1. The van der Waals surface area contributed by atoms with Crippen molar-refractivity contribution in [2.45, 2.75) is 24.7 Å². The summed E-state index contributed by atoms with van der Waals surface area (Å²) in [4.78, 5) is 4.73. The Labute approximate surface area is 171 Å². The van der Waals surface area contributed by atoms with E-state index in [1.54, 1.807) is 40.9 Å². The van der Waals surface area contributed by atoms with Gasteiger partial charge in [-0.1, -0.05) is 37.3 Å². The molecule has 1 fully saturated rings. The molecule has 0 amide bonds. The molecule has 0 bridgehead atoms. The summed E-state index contributed by atoms with van der Waals surface area (Å²) in [5, 5.41) is 12.2. The molecule has 1 aliphatic heterocycles. The number of aliphatic imine (C=N–C) groups is 1. The lowest BCUT2D eigenvalue weighted by Crippen LogP contribution is -2.37. The zero-order valence-corrected chi connectivity index (χ0v) is 17.1. The molecule has 1 heterocycles. The number of benzene rings is 3. The lowest BCUT2D eigenvalue weighted by Gasteiger charge is -2.29. The van der Waals surface area contributed by atoms with Crippen LogP contribution in [0.5, 0.6) is 5.75 Å². The van der Waals surface area contributed by atoms with Gasteiger partial charge >= 0.3 is 0 Å². The van der Waals surface area contributed by atoms with E-state index in [9.17, 15) is 13.5 Å². The number of nitrogens with zero attached hydrogens (tertiary/aromatic N) is 2. The summed E-state index contributed by atoms with van der Waals surface area (Å²) < 4.78 is 27.2. The molecule has 0 atom stereocenters. The van der Waals surface area contributed by atoms with Crippen molar-refractivity contribution in [2.24, 2.45) is 10.9 Å². The summed E-state index contributed by atoms with van der Waals surface area (Å²) in [6.07, 6.45) is 3.42. The molecule has 0 aromatic heterocycles. The van der Waals surface area contributed by atoms with Gasteiger partial charge in [-0.15, -0.1) is 0 Å².